The van der Waals surface area contributed by atoms with Crippen LogP contribution in [0.2, 0.25) is 0 Å². The highest BCUT2D eigenvalue weighted by Crippen LogP contribution is 2.35. The molecular weight excluding hydrogens is 246 g/mol. The van der Waals surface area contributed by atoms with E-state index in [9.17, 15) is 0 Å². The smallest absolute Gasteiger partial charge is 0.123 e. The van der Waals surface area contributed by atoms with Crippen molar-refractivity contribution in [3.8, 4) is 0 Å². The third-order valence-electron chi connectivity index (χ3n) is 3.84. The quantitative estimate of drug-likeness (QED) is 0.890. The topological polar surface area (TPSA) is 42.1 Å². The molecule has 0 unspecified atom stereocenters. The van der Waals surface area contributed by atoms with Gasteiger partial charge in [-0.2, -0.15) is 0 Å². The second kappa shape index (κ2) is 5.00. The lowest BCUT2D eigenvalue weighted by Crippen LogP contribution is -2.25. The number of anilines is 1. The zero-order valence-electron chi connectivity index (χ0n) is 11.9. The maximum atomic E-state index is 5.68. The summed E-state index contributed by atoms with van der Waals surface area (Å²) in [5.41, 5.74) is 12.0. The van der Waals surface area contributed by atoms with Crippen molar-refractivity contribution in [1.82, 2.24) is 9.88 Å². The minimum Gasteiger partial charge on any atom is -0.384 e. The molecule has 2 aliphatic heterocycles. The Morgan fingerprint density at radius 3 is 2.85 bits per heavy atom. The highest BCUT2D eigenvalue weighted by molar-refractivity contribution is 5.84. The zero-order chi connectivity index (χ0) is 14.1. The number of hydrogen-bond acceptors (Lipinski definition) is 3. The van der Waals surface area contributed by atoms with E-state index in [0.717, 1.165) is 18.5 Å². The first-order chi connectivity index (χ1) is 9.69. The second-order valence-electron chi connectivity index (χ2n) is 5.20. The molecular formula is C17H19N3. The van der Waals surface area contributed by atoms with Crippen molar-refractivity contribution in [3.05, 3.63) is 65.2 Å². The molecule has 3 nitrogen and oxygen atoms in total. The Hall–Kier alpha value is -2.29. The maximum absolute atomic E-state index is 5.68. The van der Waals surface area contributed by atoms with Crippen LogP contribution in [0, 0.1) is 0 Å². The average molecular weight is 265 g/mol. The summed E-state index contributed by atoms with van der Waals surface area (Å²) in [6.07, 6.45) is 11.7. The van der Waals surface area contributed by atoms with Crippen molar-refractivity contribution in [3.63, 3.8) is 0 Å². The van der Waals surface area contributed by atoms with Gasteiger partial charge in [-0.1, -0.05) is 18.6 Å². The molecule has 3 heteroatoms. The van der Waals surface area contributed by atoms with Crippen LogP contribution >= 0.6 is 0 Å². The van der Waals surface area contributed by atoms with E-state index in [1.54, 1.807) is 0 Å². The maximum Gasteiger partial charge on any atom is 0.123 e. The molecule has 0 bridgehead atoms. The summed E-state index contributed by atoms with van der Waals surface area (Å²) >= 11 is 0. The van der Waals surface area contributed by atoms with Crippen LogP contribution in [0.1, 0.15) is 25.8 Å². The van der Waals surface area contributed by atoms with Crippen molar-refractivity contribution in [1.29, 1.82) is 0 Å². The molecule has 102 valence electrons. The summed E-state index contributed by atoms with van der Waals surface area (Å²) in [7, 11) is 0. The van der Waals surface area contributed by atoms with Crippen molar-refractivity contribution in [2.75, 3.05) is 12.3 Å². The number of allylic oxidation sites excluding steroid dienone is 5. The van der Waals surface area contributed by atoms with Gasteiger partial charge in [-0.15, -0.1) is 0 Å². The zero-order valence-corrected chi connectivity index (χ0v) is 11.9. The van der Waals surface area contributed by atoms with Crippen molar-refractivity contribution >= 4 is 11.4 Å². The average Bonchev–Trinajstić information content (AvgIpc) is 2.48. The van der Waals surface area contributed by atoms with Crippen LogP contribution in [-0.4, -0.2) is 16.4 Å². The van der Waals surface area contributed by atoms with E-state index in [4.69, 9.17) is 5.73 Å². The van der Waals surface area contributed by atoms with Crippen LogP contribution in [0.3, 0.4) is 0 Å². The van der Waals surface area contributed by atoms with E-state index in [1.165, 1.54) is 22.4 Å². The van der Waals surface area contributed by atoms with Gasteiger partial charge in [-0.3, -0.25) is 0 Å². The van der Waals surface area contributed by atoms with E-state index >= 15 is 0 Å². The number of nitrogens with two attached hydrogens (primary N) is 1. The Labute approximate surface area is 119 Å². The van der Waals surface area contributed by atoms with Crippen LogP contribution in [0.15, 0.2) is 59.6 Å². The van der Waals surface area contributed by atoms with Gasteiger partial charge in [0.15, 0.2) is 0 Å². The number of aromatic nitrogens is 1. The van der Waals surface area contributed by atoms with E-state index in [1.807, 2.05) is 18.3 Å². The summed E-state index contributed by atoms with van der Waals surface area (Å²) in [6, 6.07) is 3.90. The molecule has 1 aromatic heterocycles. The Kier molecular flexibility index (Phi) is 3.18. The lowest BCUT2D eigenvalue weighted by atomic mass is 9.93. The molecule has 0 radical (unpaired) electrons. The van der Waals surface area contributed by atoms with Gasteiger partial charge in [0.2, 0.25) is 0 Å². The van der Waals surface area contributed by atoms with E-state index in [0.29, 0.717) is 5.82 Å². The molecule has 20 heavy (non-hydrogen) atoms. The van der Waals surface area contributed by atoms with Gasteiger partial charge in [0.25, 0.3) is 0 Å². The molecule has 3 rings (SSSR count). The van der Waals surface area contributed by atoms with Gasteiger partial charge in [0.1, 0.15) is 5.82 Å². The van der Waals surface area contributed by atoms with E-state index in [2.05, 4.69) is 48.2 Å². The predicted octanol–water partition coefficient (Wildman–Crippen LogP) is 3.50. The SMILES string of the molecule is CCC1=CC=C2C(c3ccc(N)nc3)=C(C)C=CN2C1. The van der Waals surface area contributed by atoms with Gasteiger partial charge in [0, 0.05) is 35.8 Å². The summed E-state index contributed by atoms with van der Waals surface area (Å²) in [5, 5.41) is 0. The number of pyridine rings is 1. The first-order valence-corrected chi connectivity index (χ1v) is 6.96. The Morgan fingerprint density at radius 2 is 2.15 bits per heavy atom. The standard InChI is InChI=1S/C17H19N3/c1-3-13-4-6-15-17(12(2)8-9-20(15)11-13)14-5-7-16(18)19-10-14/h4-10H,3,11H2,1-2H3,(H2,18,19). The summed E-state index contributed by atoms with van der Waals surface area (Å²) < 4.78 is 0. The van der Waals surface area contributed by atoms with Gasteiger partial charge >= 0.3 is 0 Å². The number of nitrogens with zero attached hydrogens (tertiary/aromatic N) is 2. The number of rotatable bonds is 2. The van der Waals surface area contributed by atoms with Gasteiger partial charge in [-0.25, -0.2) is 4.98 Å². The predicted molar refractivity (Wildman–Crippen MR) is 83.5 cm³/mol. The van der Waals surface area contributed by atoms with E-state index < -0.39 is 0 Å². The summed E-state index contributed by atoms with van der Waals surface area (Å²) in [5.74, 6) is 0.556. The minimum atomic E-state index is 0.556. The normalized spacial score (nSPS) is 17.8. The molecule has 0 saturated heterocycles. The van der Waals surface area contributed by atoms with Crippen molar-refractivity contribution < 1.29 is 0 Å². The lowest BCUT2D eigenvalue weighted by Gasteiger charge is -2.33. The first kappa shape index (κ1) is 12.7. The van der Waals surface area contributed by atoms with Crippen LogP contribution in [0.4, 0.5) is 5.82 Å². The second-order valence-corrected chi connectivity index (χ2v) is 5.20. The summed E-state index contributed by atoms with van der Waals surface area (Å²) in [6.45, 7) is 5.31. The Balaban J connectivity index is 2.08. The molecule has 0 aromatic carbocycles. The molecule has 3 heterocycles. The molecule has 1 aromatic rings. The Bertz CT molecular complexity index is 645. The van der Waals surface area contributed by atoms with Crippen LogP contribution in [-0.2, 0) is 0 Å². The molecule has 0 amide bonds. The van der Waals surface area contributed by atoms with Gasteiger partial charge < -0.3 is 10.6 Å². The fourth-order valence-corrected chi connectivity index (χ4v) is 2.65. The molecule has 2 aliphatic rings. The molecule has 2 N–H and O–H groups in total. The number of nitrogen functional groups attached to an aromatic ring is 1. The molecule has 0 atom stereocenters. The van der Waals surface area contributed by atoms with Crippen molar-refractivity contribution in [2.24, 2.45) is 0 Å². The molecule has 0 saturated carbocycles. The molecule has 0 spiro atoms. The number of hydrogen-bond donors (Lipinski definition) is 1. The fourth-order valence-electron chi connectivity index (χ4n) is 2.65. The summed E-state index contributed by atoms with van der Waals surface area (Å²) in [4.78, 5) is 6.52. The van der Waals surface area contributed by atoms with Crippen LogP contribution < -0.4 is 5.73 Å². The monoisotopic (exact) mass is 265 g/mol. The highest BCUT2D eigenvalue weighted by Gasteiger charge is 2.22. The minimum absolute atomic E-state index is 0.556. The Morgan fingerprint density at radius 1 is 1.30 bits per heavy atom. The molecule has 0 fully saturated rings. The largest absolute Gasteiger partial charge is 0.384 e. The van der Waals surface area contributed by atoms with Gasteiger partial charge in [-0.05, 0) is 43.2 Å². The third-order valence-corrected chi connectivity index (χ3v) is 3.84. The fraction of sp³-hybridized carbons (Fsp3) is 0.235. The molecule has 0 aliphatic carbocycles. The van der Waals surface area contributed by atoms with Crippen LogP contribution in [0.5, 0.6) is 0 Å². The lowest BCUT2D eigenvalue weighted by molar-refractivity contribution is 0.505. The number of fused-ring (bicyclic) bond motifs is 1. The van der Waals surface area contributed by atoms with E-state index in [-0.39, 0.29) is 0 Å². The van der Waals surface area contributed by atoms with Crippen molar-refractivity contribution in [2.45, 2.75) is 20.3 Å². The third kappa shape index (κ3) is 2.16. The first-order valence-electron chi connectivity index (χ1n) is 6.96. The van der Waals surface area contributed by atoms with Gasteiger partial charge in [0.05, 0.1) is 0 Å². The van der Waals surface area contributed by atoms with Crippen LogP contribution in [0.25, 0.3) is 5.57 Å². The highest BCUT2D eigenvalue weighted by atomic mass is 15.1.